The number of hydrogen-bond donors (Lipinski definition) is 2. The molecule has 0 aliphatic heterocycles. The van der Waals surface area contributed by atoms with Crippen molar-refractivity contribution >= 4 is 6.09 Å². The van der Waals surface area contributed by atoms with E-state index in [1.165, 1.54) is 0 Å². The number of carbonyl (C=O) groups is 1. The lowest BCUT2D eigenvalue weighted by molar-refractivity contribution is 0.00938. The molecular weight excluding hydrogens is 206 g/mol. The summed E-state index contributed by atoms with van der Waals surface area (Å²) < 4.78 is 5.18. The number of alkyl carbamates (subject to hydrolysis) is 1. The van der Waals surface area contributed by atoms with Crippen molar-refractivity contribution in [2.45, 2.75) is 70.6 Å². The van der Waals surface area contributed by atoms with E-state index in [1.807, 2.05) is 27.7 Å². The van der Waals surface area contributed by atoms with Crippen LogP contribution in [0, 0.1) is 0 Å². The SMILES string of the molecule is CC(C)(C)OC(=O)N[C@H]1CC[C@@](C)(O)CC1. The average molecular weight is 229 g/mol. The molecule has 0 aromatic heterocycles. The molecule has 4 nitrogen and oxygen atoms in total. The molecule has 1 aliphatic rings. The minimum Gasteiger partial charge on any atom is -0.444 e. The molecule has 1 aliphatic carbocycles. The largest absolute Gasteiger partial charge is 0.444 e. The third-order valence-electron chi connectivity index (χ3n) is 2.78. The lowest BCUT2D eigenvalue weighted by Gasteiger charge is -2.33. The van der Waals surface area contributed by atoms with Crippen molar-refractivity contribution in [3.8, 4) is 0 Å². The smallest absolute Gasteiger partial charge is 0.407 e. The normalized spacial score (nSPS) is 30.9. The zero-order chi connectivity index (χ0) is 12.4. The van der Waals surface area contributed by atoms with Gasteiger partial charge < -0.3 is 15.2 Å². The van der Waals surface area contributed by atoms with Crippen LogP contribution < -0.4 is 5.32 Å². The van der Waals surface area contributed by atoms with Crippen LogP contribution in [0.2, 0.25) is 0 Å². The van der Waals surface area contributed by atoms with E-state index in [1.54, 1.807) is 0 Å². The molecule has 1 fully saturated rings. The molecular formula is C12H23NO3. The molecule has 0 radical (unpaired) electrons. The molecule has 0 bridgehead atoms. The Balaban J connectivity index is 2.32. The van der Waals surface area contributed by atoms with Gasteiger partial charge in [0.05, 0.1) is 5.60 Å². The van der Waals surface area contributed by atoms with Gasteiger partial charge in [0, 0.05) is 6.04 Å². The Morgan fingerprint density at radius 3 is 2.31 bits per heavy atom. The van der Waals surface area contributed by atoms with Crippen molar-refractivity contribution in [3.05, 3.63) is 0 Å². The van der Waals surface area contributed by atoms with E-state index in [0.29, 0.717) is 0 Å². The molecule has 2 N–H and O–H groups in total. The highest BCUT2D eigenvalue weighted by atomic mass is 16.6. The van der Waals surface area contributed by atoms with E-state index in [2.05, 4.69) is 5.32 Å². The number of ether oxygens (including phenoxy) is 1. The van der Waals surface area contributed by atoms with Crippen LogP contribution in [0.25, 0.3) is 0 Å². The van der Waals surface area contributed by atoms with Crippen LogP contribution in [0.4, 0.5) is 4.79 Å². The van der Waals surface area contributed by atoms with Crippen LogP contribution in [-0.2, 0) is 4.74 Å². The van der Waals surface area contributed by atoms with Crippen molar-refractivity contribution in [1.82, 2.24) is 5.32 Å². The molecule has 4 heteroatoms. The fourth-order valence-corrected chi connectivity index (χ4v) is 1.86. The Kier molecular flexibility index (Phi) is 3.84. The van der Waals surface area contributed by atoms with Gasteiger partial charge in [-0.3, -0.25) is 0 Å². The summed E-state index contributed by atoms with van der Waals surface area (Å²) in [4.78, 5) is 11.5. The highest BCUT2D eigenvalue weighted by Gasteiger charge is 2.30. The molecule has 0 unspecified atom stereocenters. The molecule has 0 saturated heterocycles. The summed E-state index contributed by atoms with van der Waals surface area (Å²) in [6.07, 6.45) is 2.72. The summed E-state index contributed by atoms with van der Waals surface area (Å²) in [5, 5.41) is 12.6. The van der Waals surface area contributed by atoms with Crippen LogP contribution in [-0.4, -0.2) is 28.4 Å². The Labute approximate surface area is 97.4 Å². The minimum atomic E-state index is -0.563. The van der Waals surface area contributed by atoms with Gasteiger partial charge in [0.25, 0.3) is 0 Å². The number of nitrogens with one attached hydrogen (secondary N) is 1. The van der Waals surface area contributed by atoms with Crippen LogP contribution in [0.3, 0.4) is 0 Å². The minimum absolute atomic E-state index is 0.134. The summed E-state index contributed by atoms with van der Waals surface area (Å²) >= 11 is 0. The fourth-order valence-electron chi connectivity index (χ4n) is 1.86. The maximum absolute atomic E-state index is 11.5. The van der Waals surface area contributed by atoms with E-state index in [4.69, 9.17) is 4.74 Å². The van der Waals surface area contributed by atoms with Crippen LogP contribution >= 0.6 is 0 Å². The van der Waals surface area contributed by atoms with Gasteiger partial charge in [0.15, 0.2) is 0 Å². The fraction of sp³-hybridized carbons (Fsp3) is 0.917. The number of hydrogen-bond acceptors (Lipinski definition) is 3. The summed E-state index contributed by atoms with van der Waals surface area (Å²) in [5.41, 5.74) is -1.02. The molecule has 1 amide bonds. The van der Waals surface area contributed by atoms with E-state index in [9.17, 15) is 9.90 Å². The van der Waals surface area contributed by atoms with Gasteiger partial charge in [-0.25, -0.2) is 4.79 Å². The number of carbonyl (C=O) groups excluding carboxylic acids is 1. The molecule has 1 rings (SSSR count). The van der Waals surface area contributed by atoms with Gasteiger partial charge in [0.1, 0.15) is 5.60 Å². The summed E-state index contributed by atoms with van der Waals surface area (Å²) in [5.74, 6) is 0. The second-order valence-corrected chi connectivity index (χ2v) is 5.92. The lowest BCUT2D eigenvalue weighted by Crippen LogP contribution is -2.44. The molecule has 94 valence electrons. The van der Waals surface area contributed by atoms with Crippen LogP contribution in [0.15, 0.2) is 0 Å². The third kappa shape index (κ3) is 4.84. The molecule has 0 atom stereocenters. The molecule has 16 heavy (non-hydrogen) atoms. The van der Waals surface area contributed by atoms with Gasteiger partial charge in [-0.05, 0) is 53.4 Å². The third-order valence-corrected chi connectivity index (χ3v) is 2.78. The number of aliphatic hydroxyl groups is 1. The zero-order valence-corrected chi connectivity index (χ0v) is 10.7. The molecule has 0 spiro atoms. The maximum atomic E-state index is 11.5. The Morgan fingerprint density at radius 1 is 1.38 bits per heavy atom. The van der Waals surface area contributed by atoms with Crippen LogP contribution in [0.5, 0.6) is 0 Å². The van der Waals surface area contributed by atoms with E-state index in [-0.39, 0.29) is 12.1 Å². The second-order valence-electron chi connectivity index (χ2n) is 5.92. The average Bonchev–Trinajstić information content (AvgIpc) is 2.05. The quantitative estimate of drug-likeness (QED) is 0.724. The van der Waals surface area contributed by atoms with Gasteiger partial charge in [0.2, 0.25) is 0 Å². The van der Waals surface area contributed by atoms with Gasteiger partial charge in [-0.2, -0.15) is 0 Å². The number of rotatable bonds is 1. The van der Waals surface area contributed by atoms with Crippen molar-refractivity contribution in [1.29, 1.82) is 0 Å². The number of amides is 1. The zero-order valence-electron chi connectivity index (χ0n) is 10.7. The topological polar surface area (TPSA) is 58.6 Å². The predicted molar refractivity (Wildman–Crippen MR) is 62.2 cm³/mol. The lowest BCUT2D eigenvalue weighted by atomic mass is 9.84. The maximum Gasteiger partial charge on any atom is 0.407 e. The van der Waals surface area contributed by atoms with Crippen molar-refractivity contribution < 1.29 is 14.6 Å². The Bertz CT molecular complexity index is 245. The second kappa shape index (κ2) is 4.62. The molecule has 0 aromatic rings. The first kappa shape index (κ1) is 13.3. The Hall–Kier alpha value is -0.770. The Morgan fingerprint density at radius 2 is 1.88 bits per heavy atom. The van der Waals surface area contributed by atoms with E-state index < -0.39 is 11.2 Å². The molecule has 0 heterocycles. The van der Waals surface area contributed by atoms with Crippen molar-refractivity contribution in [3.63, 3.8) is 0 Å². The van der Waals surface area contributed by atoms with Gasteiger partial charge >= 0.3 is 6.09 Å². The monoisotopic (exact) mass is 229 g/mol. The van der Waals surface area contributed by atoms with Crippen molar-refractivity contribution in [2.75, 3.05) is 0 Å². The first-order valence-corrected chi connectivity index (χ1v) is 5.90. The van der Waals surface area contributed by atoms with Gasteiger partial charge in [-0.1, -0.05) is 0 Å². The van der Waals surface area contributed by atoms with Gasteiger partial charge in [-0.15, -0.1) is 0 Å². The summed E-state index contributed by atoms with van der Waals surface area (Å²) in [7, 11) is 0. The first-order valence-electron chi connectivity index (χ1n) is 5.90. The standard InChI is InChI=1S/C12H23NO3/c1-11(2,3)16-10(14)13-9-5-7-12(4,15)8-6-9/h9,15H,5-8H2,1-4H3,(H,13,14)/t9-,12+. The van der Waals surface area contributed by atoms with E-state index in [0.717, 1.165) is 25.7 Å². The van der Waals surface area contributed by atoms with Crippen molar-refractivity contribution in [2.24, 2.45) is 0 Å². The highest BCUT2D eigenvalue weighted by Crippen LogP contribution is 2.27. The molecule has 1 saturated carbocycles. The first-order chi connectivity index (χ1) is 7.18. The predicted octanol–water partition coefficient (Wildman–Crippen LogP) is 2.20. The van der Waals surface area contributed by atoms with Crippen LogP contribution in [0.1, 0.15) is 53.4 Å². The molecule has 0 aromatic carbocycles. The summed E-state index contributed by atoms with van der Waals surface area (Å²) in [6, 6.07) is 0.134. The summed E-state index contributed by atoms with van der Waals surface area (Å²) in [6.45, 7) is 7.38. The highest BCUT2D eigenvalue weighted by molar-refractivity contribution is 5.68. The van der Waals surface area contributed by atoms with E-state index >= 15 is 0 Å².